The SMILES string of the molecule is CCCCCCCCCCOc1c(C)cccc1CO. The highest BCUT2D eigenvalue weighted by Crippen LogP contribution is 2.23. The molecule has 1 rings (SSSR count). The van der Waals surface area contributed by atoms with Gasteiger partial charge in [0.25, 0.3) is 0 Å². The van der Waals surface area contributed by atoms with Crippen LogP contribution in [0.4, 0.5) is 0 Å². The molecule has 2 heteroatoms. The van der Waals surface area contributed by atoms with Crippen LogP contribution in [0.1, 0.15) is 69.4 Å². The van der Waals surface area contributed by atoms with Gasteiger partial charge in [-0.25, -0.2) is 0 Å². The van der Waals surface area contributed by atoms with Crippen molar-refractivity contribution >= 4 is 0 Å². The maximum Gasteiger partial charge on any atom is 0.127 e. The molecule has 0 bridgehead atoms. The Bertz CT molecular complexity index is 360. The lowest BCUT2D eigenvalue weighted by Gasteiger charge is -2.12. The molecule has 0 amide bonds. The van der Waals surface area contributed by atoms with Crippen LogP contribution in [0.3, 0.4) is 0 Å². The smallest absolute Gasteiger partial charge is 0.127 e. The summed E-state index contributed by atoms with van der Waals surface area (Å²) in [7, 11) is 0. The van der Waals surface area contributed by atoms with Crippen molar-refractivity contribution in [3.8, 4) is 5.75 Å². The van der Waals surface area contributed by atoms with Crippen LogP contribution in [0.25, 0.3) is 0 Å². The van der Waals surface area contributed by atoms with Crippen LogP contribution in [0.2, 0.25) is 0 Å². The summed E-state index contributed by atoms with van der Waals surface area (Å²) in [6.45, 7) is 5.09. The summed E-state index contributed by atoms with van der Waals surface area (Å²) in [6.07, 6.45) is 10.5. The van der Waals surface area contributed by atoms with Gasteiger partial charge >= 0.3 is 0 Å². The van der Waals surface area contributed by atoms with Crippen molar-refractivity contribution in [2.24, 2.45) is 0 Å². The second kappa shape index (κ2) is 10.7. The molecule has 20 heavy (non-hydrogen) atoms. The fourth-order valence-corrected chi connectivity index (χ4v) is 2.45. The van der Waals surface area contributed by atoms with Crippen molar-refractivity contribution in [2.75, 3.05) is 6.61 Å². The lowest BCUT2D eigenvalue weighted by molar-refractivity contribution is 0.259. The Morgan fingerprint density at radius 1 is 0.950 bits per heavy atom. The zero-order chi connectivity index (χ0) is 14.6. The average molecular weight is 278 g/mol. The number of unbranched alkanes of at least 4 members (excludes halogenated alkanes) is 7. The lowest BCUT2D eigenvalue weighted by Crippen LogP contribution is -2.02. The Labute approximate surface area is 124 Å². The molecule has 0 heterocycles. The zero-order valence-corrected chi connectivity index (χ0v) is 13.2. The molecule has 0 spiro atoms. The molecule has 0 saturated carbocycles. The Morgan fingerprint density at radius 3 is 2.25 bits per heavy atom. The number of aryl methyl sites for hydroxylation is 1. The van der Waals surface area contributed by atoms with Crippen molar-refractivity contribution in [3.05, 3.63) is 29.3 Å². The maximum absolute atomic E-state index is 9.31. The van der Waals surface area contributed by atoms with Crippen molar-refractivity contribution in [1.29, 1.82) is 0 Å². The van der Waals surface area contributed by atoms with Gasteiger partial charge in [0.15, 0.2) is 0 Å². The molecule has 1 aromatic carbocycles. The summed E-state index contributed by atoms with van der Waals surface area (Å²) < 4.78 is 5.84. The van der Waals surface area contributed by atoms with Crippen LogP contribution in [0, 0.1) is 6.92 Å². The number of ether oxygens (including phenoxy) is 1. The third-order valence-electron chi connectivity index (χ3n) is 3.71. The van der Waals surface area contributed by atoms with Gasteiger partial charge in [-0.15, -0.1) is 0 Å². The van der Waals surface area contributed by atoms with E-state index in [1.165, 1.54) is 44.9 Å². The minimum Gasteiger partial charge on any atom is -0.493 e. The van der Waals surface area contributed by atoms with Gasteiger partial charge in [-0.1, -0.05) is 70.1 Å². The molecule has 0 saturated heterocycles. The predicted molar refractivity (Wildman–Crippen MR) is 85.2 cm³/mol. The molecule has 0 fully saturated rings. The van der Waals surface area contributed by atoms with Crippen LogP contribution < -0.4 is 4.74 Å². The van der Waals surface area contributed by atoms with Crippen LogP contribution in [-0.2, 0) is 6.61 Å². The third-order valence-corrected chi connectivity index (χ3v) is 3.71. The topological polar surface area (TPSA) is 29.5 Å². The van der Waals surface area contributed by atoms with Crippen LogP contribution >= 0.6 is 0 Å². The zero-order valence-electron chi connectivity index (χ0n) is 13.2. The van der Waals surface area contributed by atoms with Gasteiger partial charge in [-0.05, 0) is 18.9 Å². The first-order valence-corrected chi connectivity index (χ1v) is 8.11. The summed E-state index contributed by atoms with van der Waals surface area (Å²) in [5.41, 5.74) is 2.00. The monoisotopic (exact) mass is 278 g/mol. The number of aliphatic hydroxyl groups excluding tert-OH is 1. The first-order valence-electron chi connectivity index (χ1n) is 8.11. The minimum atomic E-state index is 0.0500. The summed E-state index contributed by atoms with van der Waals surface area (Å²) in [4.78, 5) is 0. The second-order valence-corrected chi connectivity index (χ2v) is 5.54. The van der Waals surface area contributed by atoms with Gasteiger partial charge in [0, 0.05) is 5.56 Å². The van der Waals surface area contributed by atoms with E-state index in [0.717, 1.165) is 29.9 Å². The summed E-state index contributed by atoms with van der Waals surface area (Å²) in [5.74, 6) is 0.873. The molecule has 0 aliphatic rings. The van der Waals surface area contributed by atoms with E-state index in [2.05, 4.69) is 6.92 Å². The van der Waals surface area contributed by atoms with Crippen LogP contribution in [0.5, 0.6) is 5.75 Å². The molecule has 0 aliphatic carbocycles. The normalized spacial score (nSPS) is 10.8. The molecule has 1 N–H and O–H groups in total. The molecule has 2 nitrogen and oxygen atoms in total. The van der Waals surface area contributed by atoms with Gasteiger partial charge in [-0.2, -0.15) is 0 Å². The van der Waals surface area contributed by atoms with Crippen LogP contribution in [0.15, 0.2) is 18.2 Å². The fraction of sp³-hybridized carbons (Fsp3) is 0.667. The van der Waals surface area contributed by atoms with Crippen molar-refractivity contribution < 1.29 is 9.84 Å². The third kappa shape index (κ3) is 6.42. The summed E-state index contributed by atoms with van der Waals surface area (Å²) in [5, 5.41) is 9.31. The predicted octanol–water partition coefficient (Wildman–Crippen LogP) is 5.01. The Balaban J connectivity index is 2.12. The molecule has 0 radical (unpaired) electrons. The molecule has 114 valence electrons. The highest BCUT2D eigenvalue weighted by Gasteiger charge is 2.05. The second-order valence-electron chi connectivity index (χ2n) is 5.54. The number of benzene rings is 1. The van der Waals surface area contributed by atoms with E-state index in [0.29, 0.717) is 0 Å². The quantitative estimate of drug-likeness (QED) is 0.577. The van der Waals surface area contributed by atoms with E-state index in [1.54, 1.807) is 0 Å². The average Bonchev–Trinajstić information content (AvgIpc) is 2.46. The number of aliphatic hydroxyl groups is 1. The summed E-state index contributed by atoms with van der Waals surface area (Å²) >= 11 is 0. The lowest BCUT2D eigenvalue weighted by atomic mass is 10.1. The molecular weight excluding hydrogens is 248 g/mol. The van der Waals surface area contributed by atoms with Gasteiger partial charge in [0.05, 0.1) is 13.2 Å². The van der Waals surface area contributed by atoms with E-state index >= 15 is 0 Å². The van der Waals surface area contributed by atoms with Crippen molar-refractivity contribution in [3.63, 3.8) is 0 Å². The molecule has 1 aromatic rings. The van der Waals surface area contributed by atoms with E-state index < -0.39 is 0 Å². The molecule has 0 aromatic heterocycles. The highest BCUT2D eigenvalue weighted by molar-refractivity contribution is 5.40. The number of rotatable bonds is 11. The molecular formula is C18H30O2. The number of hydrogen-bond acceptors (Lipinski definition) is 2. The van der Waals surface area contributed by atoms with Crippen molar-refractivity contribution in [1.82, 2.24) is 0 Å². The molecule has 0 atom stereocenters. The standard InChI is InChI=1S/C18H30O2/c1-3-4-5-6-7-8-9-10-14-20-18-16(2)12-11-13-17(18)15-19/h11-13,19H,3-10,14-15H2,1-2H3. The van der Waals surface area contributed by atoms with E-state index in [9.17, 15) is 5.11 Å². The Hall–Kier alpha value is -1.02. The number of para-hydroxylation sites is 1. The first kappa shape index (κ1) is 17.0. The Morgan fingerprint density at radius 2 is 1.60 bits per heavy atom. The van der Waals surface area contributed by atoms with Gasteiger partial charge < -0.3 is 9.84 Å². The molecule has 0 aliphatic heterocycles. The largest absolute Gasteiger partial charge is 0.493 e. The van der Waals surface area contributed by atoms with Gasteiger partial charge in [0.1, 0.15) is 5.75 Å². The molecule has 0 unspecified atom stereocenters. The van der Waals surface area contributed by atoms with Gasteiger partial charge in [0.2, 0.25) is 0 Å². The maximum atomic E-state index is 9.31. The van der Waals surface area contributed by atoms with E-state index in [4.69, 9.17) is 4.74 Å². The highest BCUT2D eigenvalue weighted by atomic mass is 16.5. The van der Waals surface area contributed by atoms with Crippen molar-refractivity contribution in [2.45, 2.75) is 71.8 Å². The fourth-order valence-electron chi connectivity index (χ4n) is 2.45. The first-order chi connectivity index (χ1) is 9.79. The van der Waals surface area contributed by atoms with Crippen LogP contribution in [-0.4, -0.2) is 11.7 Å². The van der Waals surface area contributed by atoms with Gasteiger partial charge in [-0.3, -0.25) is 0 Å². The Kier molecular flexibility index (Phi) is 9.14. The minimum absolute atomic E-state index is 0.0500. The number of hydrogen-bond donors (Lipinski definition) is 1. The summed E-state index contributed by atoms with van der Waals surface area (Å²) in [6, 6.07) is 5.92. The van der Waals surface area contributed by atoms with E-state index in [1.807, 2.05) is 25.1 Å². The van der Waals surface area contributed by atoms with E-state index in [-0.39, 0.29) is 6.61 Å².